The Morgan fingerprint density at radius 3 is 2.59 bits per heavy atom. The average Bonchev–Trinajstić information content (AvgIpc) is 3.13. The van der Waals surface area contributed by atoms with E-state index in [1.165, 1.54) is 0 Å². The van der Waals surface area contributed by atoms with E-state index < -0.39 is 5.91 Å². The maximum Gasteiger partial charge on any atom is 0.254 e. The number of primary amides is 1. The number of likely N-dealkylation sites (tertiary alicyclic amines) is 1. The van der Waals surface area contributed by atoms with Crippen LogP contribution >= 0.6 is 0 Å². The second kappa shape index (κ2) is 8.59. The number of aromatic nitrogens is 3. The smallest absolute Gasteiger partial charge is 0.254 e. The van der Waals surface area contributed by atoms with Crippen LogP contribution in [-0.4, -0.2) is 38.2 Å². The lowest BCUT2D eigenvalue weighted by molar-refractivity contribution is 0.100. The van der Waals surface area contributed by atoms with E-state index >= 15 is 0 Å². The van der Waals surface area contributed by atoms with Crippen molar-refractivity contribution in [2.24, 2.45) is 5.73 Å². The molecule has 2 atom stereocenters. The summed E-state index contributed by atoms with van der Waals surface area (Å²) in [7, 11) is 0. The van der Waals surface area contributed by atoms with Crippen LogP contribution in [0.1, 0.15) is 41.7 Å². The molecule has 1 aliphatic rings. The summed E-state index contributed by atoms with van der Waals surface area (Å²) in [4.78, 5) is 18.2. The molecule has 0 aliphatic carbocycles. The topological polar surface area (TPSA) is 136 Å². The molecule has 4 N–H and O–H groups in total. The minimum absolute atomic E-state index is 0.118. The van der Waals surface area contributed by atoms with Crippen molar-refractivity contribution in [3.8, 4) is 29.1 Å². The van der Waals surface area contributed by atoms with Gasteiger partial charge in [-0.1, -0.05) is 6.07 Å². The van der Waals surface area contributed by atoms with Gasteiger partial charge < -0.3 is 21.1 Å². The van der Waals surface area contributed by atoms with Gasteiger partial charge in [0.05, 0.1) is 12.6 Å². The third-order valence-corrected chi connectivity index (χ3v) is 5.76. The number of aryl methyl sites for hydroxylation is 1. The van der Waals surface area contributed by atoms with Gasteiger partial charge in [-0.25, -0.2) is 9.67 Å². The molecule has 1 aromatic carbocycles. The number of piperidine rings is 1. The van der Waals surface area contributed by atoms with E-state index in [9.17, 15) is 10.1 Å². The maximum atomic E-state index is 12.2. The standard InChI is InChI=1S/C23H25N7O2/c1-14-3-10-19(27-11-14)32-18-8-5-16(6-9-18)21-20(23(26)31)22(25)30(28-21)17-7-4-15(2)29(12-17)13-24/h3,5-6,8-11,15,17H,4,7,12,25H2,1-2H3,(H2,26,31)/t15-,17-/m1/s1. The first-order valence-electron chi connectivity index (χ1n) is 10.4. The zero-order valence-electron chi connectivity index (χ0n) is 18.0. The third-order valence-electron chi connectivity index (χ3n) is 5.76. The first-order chi connectivity index (χ1) is 15.4. The van der Waals surface area contributed by atoms with Gasteiger partial charge in [-0.05, 0) is 56.5 Å². The van der Waals surface area contributed by atoms with Crippen molar-refractivity contribution in [2.45, 2.75) is 38.8 Å². The highest BCUT2D eigenvalue weighted by molar-refractivity contribution is 6.03. The summed E-state index contributed by atoms with van der Waals surface area (Å²) in [5, 5.41) is 14.0. The third kappa shape index (κ3) is 4.07. The Hall–Kier alpha value is -4.06. The molecule has 3 heterocycles. The SMILES string of the molecule is Cc1ccc(Oc2ccc(-c3nn([C@@H]4CC[C@@H](C)N(C#N)C4)c(N)c3C(N)=O)cc2)nc1. The van der Waals surface area contributed by atoms with E-state index in [0.29, 0.717) is 29.4 Å². The van der Waals surface area contributed by atoms with Gasteiger partial charge in [-0.3, -0.25) is 4.79 Å². The molecule has 4 rings (SSSR count). The zero-order chi connectivity index (χ0) is 22.8. The monoisotopic (exact) mass is 431 g/mol. The highest BCUT2D eigenvalue weighted by Gasteiger charge is 2.30. The van der Waals surface area contributed by atoms with Crippen LogP contribution in [0.15, 0.2) is 42.6 Å². The molecule has 1 aliphatic heterocycles. The lowest BCUT2D eigenvalue weighted by Crippen LogP contribution is -2.39. The zero-order valence-corrected chi connectivity index (χ0v) is 18.0. The molecular weight excluding hydrogens is 406 g/mol. The fraction of sp³-hybridized carbons (Fsp3) is 0.304. The van der Waals surface area contributed by atoms with Gasteiger partial charge in [-0.2, -0.15) is 10.4 Å². The number of carbonyl (C=O) groups excluding carboxylic acids is 1. The van der Waals surface area contributed by atoms with Crippen molar-refractivity contribution in [3.05, 3.63) is 53.7 Å². The summed E-state index contributed by atoms with van der Waals surface area (Å²) in [6, 6.07) is 10.9. The van der Waals surface area contributed by atoms with Crippen molar-refractivity contribution in [1.82, 2.24) is 19.7 Å². The van der Waals surface area contributed by atoms with Crippen LogP contribution < -0.4 is 16.2 Å². The van der Waals surface area contributed by atoms with E-state index in [1.807, 2.05) is 19.9 Å². The van der Waals surface area contributed by atoms with E-state index in [2.05, 4.69) is 16.3 Å². The molecule has 0 saturated carbocycles. The number of nitriles is 1. The summed E-state index contributed by atoms with van der Waals surface area (Å²) in [6.07, 6.45) is 5.59. The summed E-state index contributed by atoms with van der Waals surface area (Å²) in [5.41, 5.74) is 14.3. The molecule has 3 aromatic rings. The number of carbonyl (C=O) groups is 1. The first-order valence-corrected chi connectivity index (χ1v) is 10.4. The number of anilines is 1. The van der Waals surface area contributed by atoms with Gasteiger partial charge in [0.25, 0.3) is 5.91 Å². The normalized spacial score (nSPS) is 18.2. The van der Waals surface area contributed by atoms with Crippen LogP contribution in [0.25, 0.3) is 11.3 Å². The van der Waals surface area contributed by atoms with Crippen LogP contribution in [-0.2, 0) is 0 Å². The Labute approximate surface area is 186 Å². The molecule has 9 nitrogen and oxygen atoms in total. The number of nitrogens with zero attached hydrogens (tertiary/aromatic N) is 5. The Morgan fingerprint density at radius 1 is 1.22 bits per heavy atom. The Bertz CT molecular complexity index is 1160. The Balaban J connectivity index is 1.63. The summed E-state index contributed by atoms with van der Waals surface area (Å²) < 4.78 is 7.40. The number of nitrogen functional groups attached to an aromatic ring is 1. The fourth-order valence-electron chi connectivity index (χ4n) is 3.91. The number of hydrogen-bond donors (Lipinski definition) is 2. The van der Waals surface area contributed by atoms with Gasteiger partial charge in [-0.15, -0.1) is 0 Å². The van der Waals surface area contributed by atoms with Crippen LogP contribution in [0.5, 0.6) is 11.6 Å². The predicted molar refractivity (Wildman–Crippen MR) is 120 cm³/mol. The van der Waals surface area contributed by atoms with Gasteiger partial charge in [0.1, 0.15) is 22.8 Å². The highest BCUT2D eigenvalue weighted by atomic mass is 16.5. The van der Waals surface area contributed by atoms with Crippen LogP contribution in [0.2, 0.25) is 0 Å². The number of nitrogens with two attached hydrogens (primary N) is 2. The van der Waals surface area contributed by atoms with Gasteiger partial charge in [0.15, 0.2) is 6.19 Å². The molecule has 1 saturated heterocycles. The highest BCUT2D eigenvalue weighted by Crippen LogP contribution is 2.34. The van der Waals surface area contributed by atoms with Crippen LogP contribution in [0.4, 0.5) is 5.82 Å². The molecular formula is C23H25N7O2. The molecule has 0 unspecified atom stereocenters. The van der Waals surface area contributed by atoms with Gasteiger partial charge in [0.2, 0.25) is 5.88 Å². The van der Waals surface area contributed by atoms with E-state index in [1.54, 1.807) is 46.1 Å². The van der Waals surface area contributed by atoms with E-state index in [-0.39, 0.29) is 23.5 Å². The molecule has 164 valence electrons. The molecule has 32 heavy (non-hydrogen) atoms. The van der Waals surface area contributed by atoms with E-state index in [0.717, 1.165) is 18.4 Å². The molecule has 0 spiro atoms. The number of benzene rings is 1. The van der Waals surface area contributed by atoms with Crippen LogP contribution in [0, 0.1) is 18.4 Å². The minimum atomic E-state index is -0.644. The molecule has 9 heteroatoms. The second-order valence-corrected chi connectivity index (χ2v) is 8.05. The van der Waals surface area contributed by atoms with Crippen molar-refractivity contribution in [2.75, 3.05) is 12.3 Å². The quantitative estimate of drug-likeness (QED) is 0.592. The average molecular weight is 432 g/mol. The van der Waals surface area contributed by atoms with Crippen LogP contribution in [0.3, 0.4) is 0 Å². The second-order valence-electron chi connectivity index (χ2n) is 8.05. The molecule has 0 radical (unpaired) electrons. The molecule has 1 amide bonds. The largest absolute Gasteiger partial charge is 0.439 e. The molecule has 0 bridgehead atoms. The lowest BCUT2D eigenvalue weighted by atomic mass is 10.00. The predicted octanol–water partition coefficient (Wildman–Crippen LogP) is 3.23. The van der Waals surface area contributed by atoms with Crippen molar-refractivity contribution < 1.29 is 9.53 Å². The van der Waals surface area contributed by atoms with Crippen molar-refractivity contribution in [1.29, 1.82) is 5.26 Å². The number of rotatable bonds is 5. The fourth-order valence-corrected chi connectivity index (χ4v) is 3.91. The number of amides is 1. The number of pyridine rings is 1. The lowest BCUT2D eigenvalue weighted by Gasteiger charge is -2.34. The summed E-state index contributed by atoms with van der Waals surface area (Å²) in [6.45, 7) is 4.46. The van der Waals surface area contributed by atoms with Gasteiger partial charge >= 0.3 is 0 Å². The molecule has 1 fully saturated rings. The number of hydrogen-bond acceptors (Lipinski definition) is 7. The summed E-state index contributed by atoms with van der Waals surface area (Å²) >= 11 is 0. The van der Waals surface area contributed by atoms with E-state index in [4.69, 9.17) is 16.2 Å². The minimum Gasteiger partial charge on any atom is -0.439 e. The number of ether oxygens (including phenoxy) is 1. The first kappa shape index (κ1) is 21.2. The Kier molecular flexibility index (Phi) is 5.69. The van der Waals surface area contributed by atoms with Gasteiger partial charge in [0, 0.05) is 23.9 Å². The Morgan fingerprint density at radius 2 is 1.97 bits per heavy atom. The molecule has 2 aromatic heterocycles. The summed E-state index contributed by atoms with van der Waals surface area (Å²) in [5.74, 6) is 0.663. The van der Waals surface area contributed by atoms with Crippen molar-refractivity contribution in [3.63, 3.8) is 0 Å². The maximum absolute atomic E-state index is 12.2. The van der Waals surface area contributed by atoms with Crippen molar-refractivity contribution >= 4 is 11.7 Å².